The highest BCUT2D eigenvalue weighted by Crippen LogP contribution is 2.32. The van der Waals surface area contributed by atoms with Crippen molar-refractivity contribution < 1.29 is 19.1 Å². The van der Waals surface area contributed by atoms with Crippen LogP contribution < -0.4 is 16.4 Å². The number of nitrogens with one attached hydrogen (secondary N) is 2. The number of primary amides is 1. The lowest BCUT2D eigenvalue weighted by Crippen LogP contribution is -2.46. The Morgan fingerprint density at radius 1 is 1.19 bits per heavy atom. The molecule has 32 heavy (non-hydrogen) atoms. The summed E-state index contributed by atoms with van der Waals surface area (Å²) in [7, 11) is 0. The molecule has 1 atom stereocenters. The Labute approximate surface area is 191 Å². The third kappa shape index (κ3) is 6.43. The van der Waals surface area contributed by atoms with Crippen molar-refractivity contribution in [3.63, 3.8) is 0 Å². The fraction of sp³-hybridized carbons (Fsp3) is 0.455. The van der Waals surface area contributed by atoms with Crippen LogP contribution in [0.25, 0.3) is 10.6 Å². The molecule has 3 rings (SSSR count). The molecule has 0 bridgehead atoms. The molecule has 1 aromatic carbocycles. The van der Waals surface area contributed by atoms with E-state index in [2.05, 4.69) is 15.6 Å². The van der Waals surface area contributed by atoms with Crippen molar-refractivity contribution in [3.05, 3.63) is 36.0 Å². The summed E-state index contributed by atoms with van der Waals surface area (Å²) in [5, 5.41) is 6.34. The maximum absolute atomic E-state index is 13.1. The molecule has 10 heteroatoms. The lowest BCUT2D eigenvalue weighted by Gasteiger charge is -2.28. The number of hydrogen-bond donors (Lipinski definition) is 3. The first-order valence-corrected chi connectivity index (χ1v) is 11.4. The number of nitrogens with zero attached hydrogens (tertiary/aromatic N) is 2. The average Bonchev–Trinajstić information content (AvgIpc) is 2.97. The Balaban J connectivity index is 1.77. The van der Waals surface area contributed by atoms with Crippen LogP contribution in [0.5, 0.6) is 0 Å². The van der Waals surface area contributed by atoms with Crippen LogP contribution in [0, 0.1) is 0 Å². The summed E-state index contributed by atoms with van der Waals surface area (Å²) in [5.41, 5.74) is 5.62. The van der Waals surface area contributed by atoms with Crippen molar-refractivity contribution in [2.75, 3.05) is 18.4 Å². The lowest BCUT2D eigenvalue weighted by atomic mass is 10.1. The number of rotatable bonds is 4. The lowest BCUT2D eigenvalue weighted by molar-refractivity contribution is 0.0242. The van der Waals surface area contributed by atoms with Gasteiger partial charge in [0.25, 0.3) is 5.91 Å². The molecule has 172 valence electrons. The van der Waals surface area contributed by atoms with Crippen molar-refractivity contribution in [2.45, 2.75) is 51.7 Å². The number of carbonyl (C=O) groups excluding carboxylic acids is 3. The van der Waals surface area contributed by atoms with Crippen molar-refractivity contribution in [1.29, 1.82) is 0 Å². The van der Waals surface area contributed by atoms with Crippen molar-refractivity contribution in [3.8, 4) is 10.6 Å². The molecular weight excluding hydrogens is 430 g/mol. The van der Waals surface area contributed by atoms with Gasteiger partial charge in [-0.25, -0.2) is 14.6 Å². The monoisotopic (exact) mass is 459 g/mol. The highest BCUT2D eigenvalue weighted by Gasteiger charge is 2.29. The number of amides is 4. The summed E-state index contributed by atoms with van der Waals surface area (Å²) in [6.45, 7) is 6.38. The predicted octanol–water partition coefficient (Wildman–Crippen LogP) is 3.82. The summed E-state index contributed by atoms with van der Waals surface area (Å²) < 4.78 is 5.49. The van der Waals surface area contributed by atoms with E-state index in [1.165, 1.54) is 11.3 Å². The molecule has 0 saturated carbocycles. The number of nitrogens with two attached hydrogens (primary N) is 1. The minimum atomic E-state index is -0.770. The van der Waals surface area contributed by atoms with Crippen molar-refractivity contribution >= 4 is 34.4 Å². The summed E-state index contributed by atoms with van der Waals surface area (Å²) in [5.74, 6) is -0.428. The molecule has 4 N–H and O–H groups in total. The van der Waals surface area contributed by atoms with Gasteiger partial charge < -0.3 is 20.7 Å². The van der Waals surface area contributed by atoms with Gasteiger partial charge in [0.15, 0.2) is 5.69 Å². The van der Waals surface area contributed by atoms with Gasteiger partial charge >= 0.3 is 12.1 Å². The van der Waals surface area contributed by atoms with Gasteiger partial charge in [-0.05, 0) is 40.0 Å². The summed E-state index contributed by atoms with van der Waals surface area (Å²) in [6.07, 6.45) is 2.02. The molecule has 0 aliphatic carbocycles. The highest BCUT2D eigenvalue weighted by molar-refractivity contribution is 7.19. The zero-order valence-corrected chi connectivity index (χ0v) is 19.3. The van der Waals surface area contributed by atoms with Crippen LogP contribution in [0.1, 0.15) is 50.5 Å². The molecule has 2 heterocycles. The second-order valence-corrected chi connectivity index (χ2v) is 9.64. The van der Waals surface area contributed by atoms with Gasteiger partial charge in [0.1, 0.15) is 15.6 Å². The van der Waals surface area contributed by atoms with E-state index in [-0.39, 0.29) is 16.7 Å². The molecule has 4 amide bonds. The maximum atomic E-state index is 13.1. The number of urea groups is 1. The van der Waals surface area contributed by atoms with Crippen LogP contribution >= 0.6 is 11.3 Å². The first-order valence-electron chi connectivity index (χ1n) is 10.5. The van der Waals surface area contributed by atoms with E-state index >= 15 is 0 Å². The Morgan fingerprint density at radius 3 is 2.56 bits per heavy atom. The molecule has 0 radical (unpaired) electrons. The molecule has 0 unspecified atom stereocenters. The van der Waals surface area contributed by atoms with Crippen LogP contribution in [0.15, 0.2) is 30.3 Å². The van der Waals surface area contributed by atoms with E-state index in [0.29, 0.717) is 18.1 Å². The summed E-state index contributed by atoms with van der Waals surface area (Å²) in [4.78, 5) is 43.1. The van der Waals surface area contributed by atoms with E-state index in [9.17, 15) is 14.4 Å². The number of ether oxygens (including phenoxy) is 1. The molecule has 1 fully saturated rings. The number of aromatic nitrogens is 1. The Kier molecular flexibility index (Phi) is 7.34. The molecular formula is C22H29N5O4S. The first kappa shape index (κ1) is 23.5. The molecule has 1 saturated heterocycles. The molecule has 1 aliphatic heterocycles. The molecule has 9 nitrogen and oxygen atoms in total. The smallest absolute Gasteiger partial charge is 0.410 e. The second-order valence-electron chi connectivity index (χ2n) is 8.64. The van der Waals surface area contributed by atoms with Crippen molar-refractivity contribution in [1.82, 2.24) is 15.2 Å². The Hall–Kier alpha value is -3.14. The van der Waals surface area contributed by atoms with Gasteiger partial charge in [-0.2, -0.15) is 0 Å². The van der Waals surface area contributed by atoms with Crippen LogP contribution in [-0.4, -0.2) is 52.6 Å². The number of likely N-dealkylation sites (tertiary alicyclic amines) is 1. The number of benzene rings is 1. The normalized spacial score (nSPS) is 16.7. The van der Waals surface area contributed by atoms with Gasteiger partial charge in [-0.3, -0.25) is 10.1 Å². The number of thiazole rings is 1. The van der Waals surface area contributed by atoms with Crippen LogP contribution in [0.3, 0.4) is 0 Å². The SMILES string of the molecule is CC(C)(C)OC(=O)N1CCCC[C@H](NC(=O)c2nc(-c3ccccc3)sc2NC(N)=O)C1. The van der Waals surface area contributed by atoms with Gasteiger partial charge in [0.05, 0.1) is 0 Å². The van der Waals surface area contributed by atoms with E-state index in [1.54, 1.807) is 4.90 Å². The second kappa shape index (κ2) is 9.99. The zero-order chi connectivity index (χ0) is 23.3. The van der Waals surface area contributed by atoms with Gasteiger partial charge in [0.2, 0.25) is 0 Å². The first-order chi connectivity index (χ1) is 15.1. The summed E-state index contributed by atoms with van der Waals surface area (Å²) in [6, 6.07) is 8.34. The fourth-order valence-corrected chi connectivity index (χ4v) is 4.35. The predicted molar refractivity (Wildman–Crippen MR) is 124 cm³/mol. The standard InChI is InChI=1S/C22H29N5O4S/c1-22(2,3)31-21(30)27-12-8-7-11-15(13-27)24-17(28)16-19(26-20(23)29)32-18(25-16)14-9-5-4-6-10-14/h4-6,9-10,15H,7-8,11-13H2,1-3H3,(H,24,28)(H3,23,26,29)/t15-/m0/s1. The fourth-order valence-electron chi connectivity index (χ4n) is 3.38. The quantitative estimate of drug-likeness (QED) is 0.641. The molecule has 0 spiro atoms. The number of anilines is 1. The topological polar surface area (TPSA) is 127 Å². The molecule has 1 aliphatic rings. The summed E-state index contributed by atoms with van der Waals surface area (Å²) >= 11 is 1.18. The zero-order valence-electron chi connectivity index (χ0n) is 18.5. The van der Waals surface area contributed by atoms with E-state index in [1.807, 2.05) is 51.1 Å². The van der Waals surface area contributed by atoms with E-state index < -0.39 is 23.6 Å². The van der Waals surface area contributed by atoms with Gasteiger partial charge in [-0.1, -0.05) is 41.7 Å². The minimum Gasteiger partial charge on any atom is -0.444 e. The number of carbonyl (C=O) groups is 3. The number of hydrogen-bond acceptors (Lipinski definition) is 6. The van der Waals surface area contributed by atoms with Gasteiger partial charge in [-0.15, -0.1) is 0 Å². The van der Waals surface area contributed by atoms with E-state index in [4.69, 9.17) is 10.5 Å². The minimum absolute atomic E-state index is 0.0979. The average molecular weight is 460 g/mol. The van der Waals surface area contributed by atoms with Crippen molar-refractivity contribution in [2.24, 2.45) is 5.73 Å². The third-order valence-electron chi connectivity index (χ3n) is 4.76. The maximum Gasteiger partial charge on any atom is 0.410 e. The van der Waals surface area contributed by atoms with Gasteiger partial charge in [0, 0.05) is 24.7 Å². The Morgan fingerprint density at radius 2 is 1.91 bits per heavy atom. The highest BCUT2D eigenvalue weighted by atomic mass is 32.1. The van der Waals surface area contributed by atoms with Crippen LogP contribution in [0.4, 0.5) is 14.6 Å². The molecule has 1 aromatic heterocycles. The third-order valence-corrected chi connectivity index (χ3v) is 5.78. The largest absolute Gasteiger partial charge is 0.444 e. The Bertz CT molecular complexity index is 970. The van der Waals surface area contributed by atoms with E-state index in [0.717, 1.165) is 24.8 Å². The van der Waals surface area contributed by atoms with Crippen LogP contribution in [0.2, 0.25) is 0 Å². The van der Waals surface area contributed by atoms with Crippen LogP contribution in [-0.2, 0) is 4.74 Å². The molecule has 2 aromatic rings.